The zero-order chi connectivity index (χ0) is 25.6. The minimum absolute atomic E-state index is 0.0832. The number of piperazine rings is 1. The molecule has 0 aromatic heterocycles. The average molecular weight is 528 g/mol. The SMILES string of the molecule is O=C(CC12CC3CC(CC(C3)C1)C2)NC(=S)N1CCN(c2ccc([N+](=O)[O-])c(N3CCOCC3)c2)CC1. The van der Waals surface area contributed by atoms with Gasteiger partial charge in [-0.15, -0.1) is 0 Å². The molecular weight excluding hydrogens is 490 g/mol. The third-order valence-corrected chi connectivity index (χ3v) is 9.75. The number of carbonyl (C=O) groups is 1. The Bertz CT molecular complexity index is 1030. The maximum absolute atomic E-state index is 13.0. The Morgan fingerprint density at radius 3 is 2.22 bits per heavy atom. The predicted octanol–water partition coefficient (Wildman–Crippen LogP) is 3.56. The zero-order valence-corrected chi connectivity index (χ0v) is 22.2. The second kappa shape index (κ2) is 10.0. The summed E-state index contributed by atoms with van der Waals surface area (Å²) in [6.45, 7) is 5.35. The number of hydrogen-bond donors (Lipinski definition) is 1. The van der Waals surface area contributed by atoms with Gasteiger partial charge in [0.25, 0.3) is 5.69 Å². The summed E-state index contributed by atoms with van der Waals surface area (Å²) in [6, 6.07) is 5.38. The summed E-state index contributed by atoms with van der Waals surface area (Å²) in [6.07, 6.45) is 8.42. The van der Waals surface area contributed by atoms with Crippen molar-refractivity contribution in [2.24, 2.45) is 23.2 Å². The molecule has 1 aromatic carbocycles. The summed E-state index contributed by atoms with van der Waals surface area (Å²) in [7, 11) is 0. The van der Waals surface area contributed by atoms with Gasteiger partial charge in [0.15, 0.2) is 5.11 Å². The maximum Gasteiger partial charge on any atom is 0.292 e. The van der Waals surface area contributed by atoms with Crippen molar-refractivity contribution in [1.29, 1.82) is 0 Å². The second-order valence-corrected chi connectivity index (χ2v) is 12.3. The van der Waals surface area contributed by atoms with Crippen LogP contribution >= 0.6 is 12.2 Å². The molecule has 6 aliphatic rings. The molecule has 7 rings (SSSR count). The van der Waals surface area contributed by atoms with Crippen LogP contribution in [0.5, 0.6) is 0 Å². The van der Waals surface area contributed by atoms with Gasteiger partial charge in [0.1, 0.15) is 5.69 Å². The van der Waals surface area contributed by atoms with E-state index in [9.17, 15) is 14.9 Å². The van der Waals surface area contributed by atoms with Crippen LogP contribution in [0.2, 0.25) is 0 Å². The summed E-state index contributed by atoms with van der Waals surface area (Å²) >= 11 is 5.65. The minimum Gasteiger partial charge on any atom is -0.378 e. The minimum atomic E-state index is -0.308. The van der Waals surface area contributed by atoms with Crippen LogP contribution in [0.3, 0.4) is 0 Å². The average Bonchev–Trinajstić information content (AvgIpc) is 2.87. The monoisotopic (exact) mass is 527 g/mol. The molecule has 0 radical (unpaired) electrons. The van der Waals surface area contributed by atoms with Crippen molar-refractivity contribution in [3.8, 4) is 0 Å². The Morgan fingerprint density at radius 1 is 1.00 bits per heavy atom. The van der Waals surface area contributed by atoms with Gasteiger partial charge in [0.2, 0.25) is 5.91 Å². The molecule has 2 saturated heterocycles. The van der Waals surface area contributed by atoms with Gasteiger partial charge < -0.3 is 24.8 Å². The highest BCUT2D eigenvalue weighted by atomic mass is 32.1. The van der Waals surface area contributed by atoms with Crippen LogP contribution in [0.15, 0.2) is 18.2 Å². The molecule has 0 spiro atoms. The molecule has 4 aliphatic carbocycles. The molecule has 9 nitrogen and oxygen atoms in total. The first-order valence-electron chi connectivity index (χ1n) is 13.8. The topological polar surface area (TPSA) is 91.2 Å². The van der Waals surface area contributed by atoms with Crippen molar-refractivity contribution in [3.05, 3.63) is 28.3 Å². The Balaban J connectivity index is 1.04. The lowest BCUT2D eigenvalue weighted by atomic mass is 9.49. The first kappa shape index (κ1) is 24.9. The Hall–Kier alpha value is -2.46. The number of ether oxygens (including phenoxy) is 1. The summed E-state index contributed by atoms with van der Waals surface area (Å²) in [5, 5.41) is 15.2. The standard InChI is InChI=1S/C27H37N5O4S/c33-25(18-27-15-19-11-20(16-27)13-21(12-19)17-27)28-26(37)31-5-3-29(4-6-31)22-1-2-23(32(34)35)24(14-22)30-7-9-36-10-8-30/h1-2,14,19-21H,3-13,15-18H2,(H,28,33,37). The third kappa shape index (κ3) is 5.14. The van der Waals surface area contributed by atoms with E-state index >= 15 is 0 Å². The first-order chi connectivity index (χ1) is 17.9. The van der Waals surface area contributed by atoms with Gasteiger partial charge in [0, 0.05) is 57.4 Å². The van der Waals surface area contributed by atoms with Crippen LogP contribution in [-0.4, -0.2) is 73.3 Å². The number of rotatable bonds is 5. The fourth-order valence-electron chi connectivity index (χ4n) is 8.18. The number of anilines is 2. The number of carbonyl (C=O) groups excluding carboxylic acids is 1. The zero-order valence-electron chi connectivity index (χ0n) is 21.4. The van der Waals surface area contributed by atoms with Gasteiger partial charge >= 0.3 is 0 Å². The van der Waals surface area contributed by atoms with E-state index in [4.69, 9.17) is 17.0 Å². The smallest absolute Gasteiger partial charge is 0.292 e. The van der Waals surface area contributed by atoms with Crippen LogP contribution in [0.1, 0.15) is 44.9 Å². The number of nitrogens with one attached hydrogen (secondary N) is 1. The fourth-order valence-corrected chi connectivity index (χ4v) is 8.47. The number of hydrogen-bond acceptors (Lipinski definition) is 7. The first-order valence-corrected chi connectivity index (χ1v) is 14.2. The lowest BCUT2D eigenvalue weighted by Crippen LogP contribution is -2.54. The van der Waals surface area contributed by atoms with Crippen molar-refractivity contribution in [2.45, 2.75) is 44.9 Å². The number of nitro groups is 1. The number of nitro benzene ring substituents is 1. The third-order valence-electron chi connectivity index (χ3n) is 9.39. The van der Waals surface area contributed by atoms with Crippen LogP contribution in [-0.2, 0) is 9.53 Å². The van der Waals surface area contributed by atoms with Gasteiger partial charge in [-0.2, -0.15) is 0 Å². The lowest BCUT2D eigenvalue weighted by Gasteiger charge is -2.56. The van der Waals surface area contributed by atoms with Gasteiger partial charge in [-0.3, -0.25) is 14.9 Å². The normalized spacial score (nSPS) is 30.9. The summed E-state index contributed by atoms with van der Waals surface area (Å²) in [5.41, 5.74) is 1.97. The van der Waals surface area contributed by atoms with E-state index in [1.165, 1.54) is 38.5 Å². The van der Waals surface area contributed by atoms with Gasteiger partial charge in [-0.05, 0) is 86.0 Å². The van der Waals surface area contributed by atoms with Crippen LogP contribution < -0.4 is 15.1 Å². The number of thiocarbonyl (C=S) groups is 1. The molecule has 200 valence electrons. The molecule has 4 saturated carbocycles. The number of benzene rings is 1. The van der Waals surface area contributed by atoms with E-state index in [0.717, 1.165) is 36.5 Å². The van der Waals surface area contributed by atoms with Gasteiger partial charge in [-0.1, -0.05) is 0 Å². The fraction of sp³-hybridized carbons (Fsp3) is 0.704. The number of nitrogens with zero attached hydrogens (tertiary/aromatic N) is 4. The van der Waals surface area contributed by atoms with E-state index in [-0.39, 0.29) is 21.9 Å². The largest absolute Gasteiger partial charge is 0.378 e. The van der Waals surface area contributed by atoms with E-state index in [1.807, 2.05) is 17.0 Å². The second-order valence-electron chi connectivity index (χ2n) is 12.0. The maximum atomic E-state index is 13.0. The summed E-state index contributed by atoms with van der Waals surface area (Å²) in [4.78, 5) is 30.7. The van der Waals surface area contributed by atoms with Crippen molar-refractivity contribution in [2.75, 3.05) is 62.3 Å². The van der Waals surface area contributed by atoms with Crippen molar-refractivity contribution in [3.63, 3.8) is 0 Å². The molecule has 1 N–H and O–H groups in total. The Kier molecular flexibility index (Phi) is 6.73. The summed E-state index contributed by atoms with van der Waals surface area (Å²) < 4.78 is 5.43. The van der Waals surface area contributed by atoms with Gasteiger partial charge in [-0.25, -0.2) is 0 Å². The number of amides is 1. The quantitative estimate of drug-likeness (QED) is 0.353. The summed E-state index contributed by atoms with van der Waals surface area (Å²) in [5.74, 6) is 2.59. The Labute approximate surface area is 223 Å². The molecular formula is C27H37N5O4S. The molecule has 1 amide bonds. The molecule has 10 heteroatoms. The van der Waals surface area contributed by atoms with Crippen LogP contribution in [0.4, 0.5) is 17.1 Å². The highest BCUT2D eigenvalue weighted by Gasteiger charge is 2.51. The highest BCUT2D eigenvalue weighted by Crippen LogP contribution is 2.61. The van der Waals surface area contributed by atoms with Gasteiger partial charge in [0.05, 0.1) is 18.1 Å². The van der Waals surface area contributed by atoms with Crippen molar-refractivity contribution >= 4 is 40.3 Å². The molecule has 2 aliphatic heterocycles. The predicted molar refractivity (Wildman–Crippen MR) is 146 cm³/mol. The van der Waals surface area contributed by atoms with E-state index < -0.39 is 0 Å². The molecule has 4 bridgehead atoms. The highest BCUT2D eigenvalue weighted by molar-refractivity contribution is 7.80. The van der Waals surface area contributed by atoms with Crippen LogP contribution in [0, 0.1) is 33.3 Å². The number of morpholine rings is 1. The molecule has 37 heavy (non-hydrogen) atoms. The van der Waals surface area contributed by atoms with Crippen LogP contribution in [0.25, 0.3) is 0 Å². The Morgan fingerprint density at radius 2 is 1.62 bits per heavy atom. The molecule has 0 unspecified atom stereocenters. The van der Waals surface area contributed by atoms with E-state index in [2.05, 4.69) is 15.1 Å². The molecule has 1 aromatic rings. The van der Waals surface area contributed by atoms with Crippen molar-refractivity contribution < 1.29 is 14.5 Å². The van der Waals surface area contributed by atoms with E-state index in [1.54, 1.807) is 6.07 Å². The van der Waals surface area contributed by atoms with E-state index in [0.29, 0.717) is 56.6 Å². The molecule has 0 atom stereocenters. The lowest BCUT2D eigenvalue weighted by molar-refractivity contribution is -0.384. The van der Waals surface area contributed by atoms with Crippen molar-refractivity contribution in [1.82, 2.24) is 10.2 Å². The molecule has 6 fully saturated rings. The molecule has 2 heterocycles.